The van der Waals surface area contributed by atoms with Crippen molar-refractivity contribution < 1.29 is 9.47 Å². The van der Waals surface area contributed by atoms with E-state index in [4.69, 9.17) is 9.47 Å². The molecule has 1 aromatic rings. The van der Waals surface area contributed by atoms with Crippen molar-refractivity contribution in [3.8, 4) is 0 Å². The maximum atomic E-state index is 10.9. The van der Waals surface area contributed by atoms with Crippen LogP contribution in [-0.2, 0) is 9.47 Å². The number of ether oxygens (including phenoxy) is 2. The monoisotopic (exact) mass is 213 g/mol. The molecule has 0 radical (unpaired) electrons. The topological polar surface area (TPSA) is 76.2 Å². The van der Waals surface area contributed by atoms with E-state index in [1.807, 2.05) is 0 Å². The van der Waals surface area contributed by atoms with Crippen LogP contribution in [-0.4, -0.2) is 43.4 Å². The summed E-state index contributed by atoms with van der Waals surface area (Å²) in [6.07, 6.45) is 1.36. The van der Waals surface area contributed by atoms with Crippen LogP contribution in [0.4, 0.5) is 5.82 Å². The van der Waals surface area contributed by atoms with E-state index in [1.54, 1.807) is 7.11 Å². The van der Waals surface area contributed by atoms with Crippen LogP contribution >= 0.6 is 0 Å². The summed E-state index contributed by atoms with van der Waals surface area (Å²) >= 11 is 0. The molecule has 0 atom stereocenters. The Bertz CT molecular complexity index is 326. The summed E-state index contributed by atoms with van der Waals surface area (Å²) in [7, 11) is 1.63. The number of aromatic nitrogens is 2. The normalized spacial score (nSPS) is 10.2. The van der Waals surface area contributed by atoms with E-state index >= 15 is 0 Å². The van der Waals surface area contributed by atoms with E-state index < -0.39 is 0 Å². The zero-order valence-corrected chi connectivity index (χ0v) is 8.66. The lowest BCUT2D eigenvalue weighted by Crippen LogP contribution is -2.14. The highest BCUT2D eigenvalue weighted by molar-refractivity contribution is 5.31. The summed E-state index contributed by atoms with van der Waals surface area (Å²) in [6, 6.07) is 1.40. The van der Waals surface area contributed by atoms with Crippen LogP contribution in [0.5, 0.6) is 0 Å². The molecule has 0 spiro atoms. The number of rotatable bonds is 7. The first-order valence-electron chi connectivity index (χ1n) is 4.68. The van der Waals surface area contributed by atoms with Gasteiger partial charge in [0, 0.05) is 19.7 Å². The molecule has 6 nitrogen and oxygen atoms in total. The van der Waals surface area contributed by atoms with Gasteiger partial charge in [-0.2, -0.15) is 0 Å². The molecule has 0 bridgehead atoms. The van der Waals surface area contributed by atoms with Crippen molar-refractivity contribution >= 4 is 5.82 Å². The average Bonchev–Trinajstić information content (AvgIpc) is 2.23. The molecule has 0 aliphatic heterocycles. The van der Waals surface area contributed by atoms with E-state index in [0.717, 1.165) is 0 Å². The lowest BCUT2D eigenvalue weighted by Gasteiger charge is -2.05. The number of H-pyrrole nitrogens is 1. The standard InChI is InChI=1S/C9H15N3O3/c1-14-4-5-15-3-2-10-8-6-9(13)12-7-11-8/h6-7H,2-5H2,1H3,(H2,10,11,12,13). The summed E-state index contributed by atoms with van der Waals surface area (Å²) < 4.78 is 10.0. The SMILES string of the molecule is COCCOCCNc1cc(=O)[nH]cn1. The fourth-order valence-corrected chi connectivity index (χ4v) is 0.961. The van der Waals surface area contributed by atoms with Gasteiger partial charge in [0.1, 0.15) is 5.82 Å². The van der Waals surface area contributed by atoms with Crippen LogP contribution in [0.2, 0.25) is 0 Å². The smallest absolute Gasteiger partial charge is 0.252 e. The van der Waals surface area contributed by atoms with Gasteiger partial charge < -0.3 is 19.8 Å². The van der Waals surface area contributed by atoms with Crippen molar-refractivity contribution in [2.24, 2.45) is 0 Å². The largest absolute Gasteiger partial charge is 0.382 e. The summed E-state index contributed by atoms with van der Waals surface area (Å²) in [4.78, 5) is 17.2. The van der Waals surface area contributed by atoms with E-state index in [0.29, 0.717) is 32.2 Å². The zero-order valence-electron chi connectivity index (χ0n) is 8.66. The van der Waals surface area contributed by atoms with Gasteiger partial charge in [-0.1, -0.05) is 0 Å². The van der Waals surface area contributed by atoms with E-state index in [9.17, 15) is 4.79 Å². The van der Waals surface area contributed by atoms with Gasteiger partial charge in [0.05, 0.1) is 26.1 Å². The maximum absolute atomic E-state index is 10.9. The van der Waals surface area contributed by atoms with E-state index in [-0.39, 0.29) is 5.56 Å². The van der Waals surface area contributed by atoms with E-state index in [2.05, 4.69) is 15.3 Å². The average molecular weight is 213 g/mol. The Hall–Kier alpha value is -1.40. The number of hydrogen-bond acceptors (Lipinski definition) is 5. The molecule has 0 fully saturated rings. The van der Waals surface area contributed by atoms with Crippen LogP contribution in [0.1, 0.15) is 0 Å². The van der Waals surface area contributed by atoms with Gasteiger partial charge in [-0.3, -0.25) is 4.79 Å². The Morgan fingerprint density at radius 3 is 3.07 bits per heavy atom. The van der Waals surface area contributed by atoms with Crippen molar-refractivity contribution in [1.82, 2.24) is 9.97 Å². The Balaban J connectivity index is 2.12. The first-order valence-corrected chi connectivity index (χ1v) is 4.68. The van der Waals surface area contributed by atoms with Crippen LogP contribution in [0, 0.1) is 0 Å². The Labute approximate surface area is 87.6 Å². The predicted octanol–water partition coefficient (Wildman–Crippen LogP) is -0.155. The van der Waals surface area contributed by atoms with Crippen LogP contribution < -0.4 is 10.9 Å². The van der Waals surface area contributed by atoms with Gasteiger partial charge in [0.25, 0.3) is 5.56 Å². The summed E-state index contributed by atoms with van der Waals surface area (Å²) in [6.45, 7) is 2.32. The fourth-order valence-electron chi connectivity index (χ4n) is 0.961. The molecule has 0 aromatic carbocycles. The van der Waals surface area contributed by atoms with Gasteiger partial charge in [0.15, 0.2) is 0 Å². The van der Waals surface area contributed by atoms with Gasteiger partial charge in [-0.25, -0.2) is 4.98 Å². The summed E-state index contributed by atoms with van der Waals surface area (Å²) in [5, 5.41) is 2.97. The van der Waals surface area contributed by atoms with Gasteiger partial charge in [-0.05, 0) is 0 Å². The molecule has 1 heterocycles. The second-order valence-electron chi connectivity index (χ2n) is 2.83. The minimum absolute atomic E-state index is 0.173. The zero-order chi connectivity index (χ0) is 10.9. The number of nitrogens with zero attached hydrogens (tertiary/aromatic N) is 1. The molecule has 6 heteroatoms. The molecule has 2 N–H and O–H groups in total. The molecular weight excluding hydrogens is 198 g/mol. The molecule has 1 aromatic heterocycles. The fraction of sp³-hybridized carbons (Fsp3) is 0.556. The Morgan fingerprint density at radius 2 is 2.33 bits per heavy atom. The molecular formula is C9H15N3O3. The van der Waals surface area contributed by atoms with Gasteiger partial charge in [-0.15, -0.1) is 0 Å². The minimum atomic E-state index is -0.173. The van der Waals surface area contributed by atoms with E-state index in [1.165, 1.54) is 12.4 Å². The molecule has 15 heavy (non-hydrogen) atoms. The highest BCUT2D eigenvalue weighted by Crippen LogP contribution is 1.93. The third-order valence-corrected chi connectivity index (χ3v) is 1.66. The predicted molar refractivity (Wildman–Crippen MR) is 56.0 cm³/mol. The van der Waals surface area contributed by atoms with Crippen LogP contribution in [0.25, 0.3) is 0 Å². The first-order chi connectivity index (χ1) is 7.33. The molecule has 0 aliphatic carbocycles. The first kappa shape index (κ1) is 11.7. The molecule has 0 saturated carbocycles. The maximum Gasteiger partial charge on any atom is 0.252 e. The van der Waals surface area contributed by atoms with Crippen molar-refractivity contribution in [2.45, 2.75) is 0 Å². The van der Waals surface area contributed by atoms with Crippen LogP contribution in [0.15, 0.2) is 17.2 Å². The quantitative estimate of drug-likeness (QED) is 0.616. The third kappa shape index (κ3) is 5.14. The van der Waals surface area contributed by atoms with Crippen molar-refractivity contribution in [2.75, 3.05) is 38.8 Å². The Kier molecular flexibility index (Phi) is 5.42. The number of aromatic amines is 1. The van der Waals surface area contributed by atoms with Crippen LogP contribution in [0.3, 0.4) is 0 Å². The number of nitrogens with one attached hydrogen (secondary N) is 2. The second-order valence-corrected chi connectivity index (χ2v) is 2.83. The molecule has 84 valence electrons. The highest BCUT2D eigenvalue weighted by atomic mass is 16.5. The molecule has 0 aliphatic rings. The minimum Gasteiger partial charge on any atom is -0.382 e. The molecule has 0 amide bonds. The summed E-state index contributed by atoms with van der Waals surface area (Å²) in [5.74, 6) is 0.550. The van der Waals surface area contributed by atoms with Crippen molar-refractivity contribution in [3.63, 3.8) is 0 Å². The number of anilines is 1. The number of hydrogen-bond donors (Lipinski definition) is 2. The van der Waals surface area contributed by atoms with Gasteiger partial charge in [0.2, 0.25) is 0 Å². The summed E-state index contributed by atoms with van der Waals surface area (Å²) in [5.41, 5.74) is -0.173. The lowest BCUT2D eigenvalue weighted by molar-refractivity contribution is 0.0759. The molecule has 1 rings (SSSR count). The molecule has 0 unspecified atom stereocenters. The highest BCUT2D eigenvalue weighted by Gasteiger charge is 1.93. The second kappa shape index (κ2) is 6.97. The Morgan fingerprint density at radius 1 is 1.47 bits per heavy atom. The third-order valence-electron chi connectivity index (χ3n) is 1.66. The molecule has 0 saturated heterocycles. The lowest BCUT2D eigenvalue weighted by atomic mass is 10.5. The van der Waals surface area contributed by atoms with Crippen molar-refractivity contribution in [1.29, 1.82) is 0 Å². The van der Waals surface area contributed by atoms with Crippen molar-refractivity contribution in [3.05, 3.63) is 22.7 Å². The number of methoxy groups -OCH3 is 1. The van der Waals surface area contributed by atoms with Gasteiger partial charge >= 0.3 is 0 Å².